The van der Waals surface area contributed by atoms with Crippen molar-refractivity contribution >= 4 is 23.0 Å². The van der Waals surface area contributed by atoms with Crippen molar-refractivity contribution in [2.75, 3.05) is 18.4 Å². The first-order valence-electron chi connectivity index (χ1n) is 10.9. The summed E-state index contributed by atoms with van der Waals surface area (Å²) in [5, 5.41) is 10.9. The number of oxazole rings is 1. The molecule has 1 aliphatic heterocycles. The lowest BCUT2D eigenvalue weighted by Crippen LogP contribution is -2.51. The average Bonchev–Trinajstić information content (AvgIpc) is 3.49. The van der Waals surface area contributed by atoms with E-state index >= 15 is 0 Å². The van der Waals surface area contributed by atoms with Gasteiger partial charge in [-0.1, -0.05) is 6.92 Å². The zero-order valence-corrected chi connectivity index (χ0v) is 18.2. The summed E-state index contributed by atoms with van der Waals surface area (Å²) in [4.78, 5) is 20.4. The van der Waals surface area contributed by atoms with E-state index in [1.807, 2.05) is 6.92 Å². The van der Waals surface area contributed by atoms with Crippen molar-refractivity contribution in [2.45, 2.75) is 25.8 Å². The molecule has 0 spiro atoms. The van der Waals surface area contributed by atoms with Crippen LogP contribution >= 0.6 is 0 Å². The number of fused-ring (bicyclic) bond motifs is 1. The average molecular weight is 470 g/mol. The molecule has 1 aliphatic rings. The lowest BCUT2D eigenvalue weighted by Gasteiger charge is -2.40. The summed E-state index contributed by atoms with van der Waals surface area (Å²) in [6, 6.07) is 6.16. The Hall–Kier alpha value is -3.89. The van der Waals surface area contributed by atoms with Gasteiger partial charge in [0.05, 0.1) is 24.0 Å². The third-order valence-electron chi connectivity index (χ3n) is 6.11. The molecule has 1 saturated heterocycles. The Morgan fingerprint density at radius 1 is 1.18 bits per heavy atom. The molecule has 5 rings (SSSR count). The van der Waals surface area contributed by atoms with Gasteiger partial charge in [0.1, 0.15) is 17.0 Å². The van der Waals surface area contributed by atoms with Gasteiger partial charge in [-0.3, -0.25) is 4.79 Å². The highest BCUT2D eigenvalue weighted by atomic mass is 19.2. The molecule has 11 heteroatoms. The molecule has 4 aromatic rings. The number of aromatic nitrogens is 4. The number of hydrogen-bond donors (Lipinski definition) is 1. The van der Waals surface area contributed by atoms with Crippen LogP contribution in [-0.4, -0.2) is 49.9 Å². The molecule has 1 amide bonds. The van der Waals surface area contributed by atoms with Gasteiger partial charge in [-0.05, 0) is 43.0 Å². The van der Waals surface area contributed by atoms with Gasteiger partial charge in [-0.2, -0.15) is 15.2 Å². The number of carbonyl (C=O) groups excluding carboxylic acids is 1. The largest absolute Gasteiger partial charge is 0.424 e. The summed E-state index contributed by atoms with van der Waals surface area (Å²) in [6.45, 7) is 2.77. The van der Waals surface area contributed by atoms with Crippen molar-refractivity contribution in [3.8, 4) is 5.69 Å². The summed E-state index contributed by atoms with van der Waals surface area (Å²) >= 11 is 0. The fourth-order valence-electron chi connectivity index (χ4n) is 4.37. The van der Waals surface area contributed by atoms with E-state index in [0.717, 1.165) is 23.7 Å². The number of likely N-dealkylation sites (tertiary alicyclic amines) is 1. The Balaban J connectivity index is 1.43. The molecule has 3 heterocycles. The normalized spacial score (nSPS) is 18.4. The Morgan fingerprint density at radius 3 is 2.76 bits per heavy atom. The van der Waals surface area contributed by atoms with Crippen molar-refractivity contribution in [2.24, 2.45) is 5.92 Å². The van der Waals surface area contributed by atoms with E-state index in [9.17, 15) is 18.0 Å². The second-order valence-corrected chi connectivity index (χ2v) is 8.27. The highest BCUT2D eigenvalue weighted by Crippen LogP contribution is 2.29. The van der Waals surface area contributed by atoms with Gasteiger partial charge < -0.3 is 14.6 Å². The van der Waals surface area contributed by atoms with Crippen LogP contribution in [0.4, 0.5) is 19.2 Å². The maximum atomic E-state index is 14.7. The van der Waals surface area contributed by atoms with Crippen molar-refractivity contribution in [1.29, 1.82) is 0 Å². The number of carbonyl (C=O) groups is 1. The molecule has 34 heavy (non-hydrogen) atoms. The van der Waals surface area contributed by atoms with Crippen LogP contribution in [0.15, 0.2) is 47.1 Å². The van der Waals surface area contributed by atoms with E-state index in [-0.39, 0.29) is 29.2 Å². The first kappa shape index (κ1) is 21.9. The zero-order chi connectivity index (χ0) is 23.8. The topological polar surface area (TPSA) is 89.1 Å². The van der Waals surface area contributed by atoms with Gasteiger partial charge in [0, 0.05) is 19.2 Å². The third kappa shape index (κ3) is 3.97. The molecule has 2 atom stereocenters. The summed E-state index contributed by atoms with van der Waals surface area (Å²) in [5.74, 6) is -3.05. The Labute approximate surface area is 192 Å². The zero-order valence-electron chi connectivity index (χ0n) is 18.2. The maximum absolute atomic E-state index is 14.7. The number of hydrogen-bond acceptors (Lipinski definition) is 6. The van der Waals surface area contributed by atoms with Crippen LogP contribution in [0.2, 0.25) is 0 Å². The molecule has 2 unspecified atom stereocenters. The number of amides is 1. The van der Waals surface area contributed by atoms with Crippen LogP contribution in [0.5, 0.6) is 0 Å². The first-order valence-corrected chi connectivity index (χ1v) is 10.9. The van der Waals surface area contributed by atoms with E-state index in [4.69, 9.17) is 4.42 Å². The monoisotopic (exact) mass is 470 g/mol. The standard InChI is InChI=1S/C23H21F3N6O2/c1-13-3-2-10-31(18(13)12-27-23-30-17-11-14(24)4-7-19(17)34-23)22(33)15-5-6-16(25)20(26)21(15)32-28-8-9-29-32/h4-9,11,13,18H,2-3,10,12H2,1H3,(H,27,30). The minimum Gasteiger partial charge on any atom is -0.424 e. The number of halogens is 3. The Morgan fingerprint density at radius 2 is 1.97 bits per heavy atom. The number of benzene rings is 2. The van der Waals surface area contributed by atoms with Gasteiger partial charge in [-0.15, -0.1) is 4.80 Å². The second-order valence-electron chi connectivity index (χ2n) is 8.27. The van der Waals surface area contributed by atoms with Crippen molar-refractivity contribution < 1.29 is 22.4 Å². The number of nitrogens with zero attached hydrogens (tertiary/aromatic N) is 5. The van der Waals surface area contributed by atoms with Gasteiger partial charge in [0.15, 0.2) is 17.2 Å². The Bertz CT molecular complexity index is 1340. The molecule has 0 bridgehead atoms. The highest BCUT2D eigenvalue weighted by Gasteiger charge is 2.35. The molecule has 2 aromatic carbocycles. The van der Waals surface area contributed by atoms with Crippen molar-refractivity contribution in [3.05, 3.63) is 65.7 Å². The van der Waals surface area contributed by atoms with Crippen LogP contribution in [0, 0.1) is 23.4 Å². The van der Waals surface area contributed by atoms with Crippen LogP contribution < -0.4 is 5.32 Å². The quantitative estimate of drug-likeness (QED) is 0.471. The summed E-state index contributed by atoms with van der Waals surface area (Å²) in [6.07, 6.45) is 4.30. The number of rotatable bonds is 5. The number of piperidine rings is 1. The summed E-state index contributed by atoms with van der Waals surface area (Å²) in [7, 11) is 0. The van der Waals surface area contributed by atoms with E-state index in [1.54, 1.807) is 4.90 Å². The fourth-order valence-corrected chi connectivity index (χ4v) is 4.37. The maximum Gasteiger partial charge on any atom is 0.295 e. The molecular formula is C23H21F3N6O2. The predicted octanol–water partition coefficient (Wildman–Crippen LogP) is 4.18. The highest BCUT2D eigenvalue weighted by molar-refractivity contribution is 5.98. The van der Waals surface area contributed by atoms with Crippen LogP contribution in [0.3, 0.4) is 0 Å². The van der Waals surface area contributed by atoms with Crippen molar-refractivity contribution in [3.63, 3.8) is 0 Å². The molecule has 2 aromatic heterocycles. The van der Waals surface area contributed by atoms with Gasteiger partial charge >= 0.3 is 0 Å². The van der Waals surface area contributed by atoms with Crippen LogP contribution in [0.25, 0.3) is 16.8 Å². The predicted molar refractivity (Wildman–Crippen MR) is 117 cm³/mol. The van der Waals surface area contributed by atoms with Crippen LogP contribution in [-0.2, 0) is 0 Å². The number of anilines is 1. The molecule has 0 saturated carbocycles. The third-order valence-corrected chi connectivity index (χ3v) is 6.11. The van der Waals surface area contributed by atoms with Gasteiger partial charge in [-0.25, -0.2) is 13.2 Å². The lowest BCUT2D eigenvalue weighted by molar-refractivity contribution is 0.0538. The Kier molecular flexibility index (Phi) is 5.68. The second kappa shape index (κ2) is 8.81. The smallest absolute Gasteiger partial charge is 0.295 e. The molecule has 176 valence electrons. The van der Waals surface area contributed by atoms with Crippen molar-refractivity contribution in [1.82, 2.24) is 24.9 Å². The molecule has 0 radical (unpaired) electrons. The summed E-state index contributed by atoms with van der Waals surface area (Å²) < 4.78 is 47.8. The summed E-state index contributed by atoms with van der Waals surface area (Å²) in [5.41, 5.74) is 0.449. The minimum absolute atomic E-state index is 0.0356. The van der Waals surface area contributed by atoms with E-state index < -0.39 is 23.4 Å². The number of nitrogens with one attached hydrogen (secondary N) is 1. The lowest BCUT2D eigenvalue weighted by atomic mass is 9.90. The van der Waals surface area contributed by atoms with E-state index in [0.29, 0.717) is 24.2 Å². The minimum atomic E-state index is -1.19. The van der Waals surface area contributed by atoms with Crippen LogP contribution in [0.1, 0.15) is 30.1 Å². The molecule has 8 nitrogen and oxygen atoms in total. The molecule has 1 N–H and O–H groups in total. The molecular weight excluding hydrogens is 449 g/mol. The molecule has 1 fully saturated rings. The molecule has 0 aliphatic carbocycles. The van der Waals surface area contributed by atoms with E-state index in [1.165, 1.54) is 36.7 Å². The van der Waals surface area contributed by atoms with E-state index in [2.05, 4.69) is 20.5 Å². The van der Waals surface area contributed by atoms with Gasteiger partial charge in [0.2, 0.25) is 0 Å². The SMILES string of the molecule is CC1CCCN(C(=O)c2ccc(F)c(F)c2-n2nccn2)C1CNc1nc2cc(F)ccc2o1. The fraction of sp³-hybridized carbons (Fsp3) is 0.304. The van der Waals surface area contributed by atoms with Gasteiger partial charge in [0.25, 0.3) is 11.9 Å². The first-order chi connectivity index (χ1) is 16.4.